The second kappa shape index (κ2) is 5.32. The van der Waals surface area contributed by atoms with Crippen LogP contribution in [-0.4, -0.2) is 37.5 Å². The van der Waals surface area contributed by atoms with Crippen LogP contribution in [0, 0.1) is 0 Å². The molecule has 1 aromatic carbocycles. The molecule has 1 amide bonds. The molecule has 0 fully saturated rings. The molecule has 0 saturated carbocycles. The maximum atomic E-state index is 12.0. The number of amides is 1. The first-order valence-corrected chi connectivity index (χ1v) is 6.20. The van der Waals surface area contributed by atoms with Gasteiger partial charge >= 0.3 is 0 Å². The Kier molecular flexibility index (Phi) is 3.76. The van der Waals surface area contributed by atoms with Crippen LogP contribution in [0.25, 0.3) is 11.0 Å². The summed E-state index contributed by atoms with van der Waals surface area (Å²) < 4.78 is 5.51. The Balaban J connectivity index is 2.13. The Morgan fingerprint density at radius 2 is 2.16 bits per heavy atom. The number of hydrogen-bond acceptors (Lipinski definition) is 4. The maximum absolute atomic E-state index is 12.0. The minimum atomic E-state index is -0.205. The summed E-state index contributed by atoms with van der Waals surface area (Å²) in [5, 5.41) is 3.74. The van der Waals surface area contributed by atoms with Gasteiger partial charge in [0, 0.05) is 23.7 Å². The third kappa shape index (κ3) is 3.26. The molecule has 1 aromatic heterocycles. The molecule has 3 N–H and O–H groups in total. The van der Waals surface area contributed by atoms with Crippen LogP contribution in [0.2, 0.25) is 0 Å². The first-order chi connectivity index (χ1) is 8.95. The summed E-state index contributed by atoms with van der Waals surface area (Å²) in [7, 11) is 3.93. The summed E-state index contributed by atoms with van der Waals surface area (Å²) in [6.07, 6.45) is 0. The Bertz CT molecular complexity index is 589. The summed E-state index contributed by atoms with van der Waals surface area (Å²) in [5.41, 5.74) is 7.02. The second-order valence-electron chi connectivity index (χ2n) is 5.04. The minimum Gasteiger partial charge on any atom is -0.451 e. The Hall–Kier alpha value is -2.01. The highest BCUT2D eigenvalue weighted by Crippen LogP contribution is 2.21. The van der Waals surface area contributed by atoms with Crippen molar-refractivity contribution >= 4 is 22.6 Å². The molecule has 0 aliphatic heterocycles. The van der Waals surface area contributed by atoms with E-state index in [9.17, 15) is 4.79 Å². The number of benzene rings is 1. The van der Waals surface area contributed by atoms with Gasteiger partial charge in [0.05, 0.1) is 0 Å². The molecular weight excluding hydrogens is 242 g/mol. The molecule has 2 rings (SSSR count). The fraction of sp³-hybridized carbons (Fsp3) is 0.357. The summed E-state index contributed by atoms with van der Waals surface area (Å²) in [6.45, 7) is 2.73. The smallest absolute Gasteiger partial charge is 0.287 e. The second-order valence-corrected chi connectivity index (χ2v) is 5.04. The lowest BCUT2D eigenvalue weighted by Crippen LogP contribution is -2.39. The molecule has 19 heavy (non-hydrogen) atoms. The monoisotopic (exact) mass is 261 g/mol. The van der Waals surface area contributed by atoms with Gasteiger partial charge in [0.15, 0.2) is 5.76 Å². The quantitative estimate of drug-likeness (QED) is 0.822. The molecule has 0 aliphatic carbocycles. The zero-order valence-corrected chi connectivity index (χ0v) is 11.4. The van der Waals surface area contributed by atoms with Gasteiger partial charge in [-0.3, -0.25) is 4.79 Å². The van der Waals surface area contributed by atoms with Crippen molar-refractivity contribution in [2.75, 3.05) is 26.4 Å². The number of nitrogens with two attached hydrogens (primary N) is 1. The number of carbonyl (C=O) groups is 1. The predicted molar refractivity (Wildman–Crippen MR) is 76.1 cm³/mol. The number of fused-ring (bicyclic) bond motifs is 1. The normalized spacial score (nSPS) is 12.8. The highest BCUT2D eigenvalue weighted by molar-refractivity contribution is 5.96. The number of rotatable bonds is 4. The van der Waals surface area contributed by atoms with Crippen molar-refractivity contribution in [2.24, 2.45) is 0 Å². The number of nitrogens with zero attached hydrogens (tertiary/aromatic N) is 1. The summed E-state index contributed by atoms with van der Waals surface area (Å²) in [6, 6.07) is 7.08. The van der Waals surface area contributed by atoms with E-state index in [1.807, 2.05) is 25.9 Å². The third-order valence-electron chi connectivity index (χ3n) is 2.78. The Morgan fingerprint density at radius 3 is 2.84 bits per heavy atom. The van der Waals surface area contributed by atoms with Crippen molar-refractivity contribution in [3.05, 3.63) is 30.0 Å². The molecule has 0 aliphatic rings. The fourth-order valence-corrected chi connectivity index (χ4v) is 2.06. The van der Waals surface area contributed by atoms with Crippen molar-refractivity contribution < 1.29 is 9.21 Å². The number of nitrogens with one attached hydrogen (secondary N) is 1. The minimum absolute atomic E-state index is 0.0563. The molecule has 0 spiro atoms. The van der Waals surface area contributed by atoms with Crippen molar-refractivity contribution in [1.29, 1.82) is 0 Å². The van der Waals surface area contributed by atoms with E-state index in [-0.39, 0.29) is 11.9 Å². The molecule has 0 saturated heterocycles. The van der Waals surface area contributed by atoms with Gasteiger partial charge in [0.1, 0.15) is 5.58 Å². The van der Waals surface area contributed by atoms with Gasteiger partial charge in [0.2, 0.25) is 0 Å². The van der Waals surface area contributed by atoms with Crippen molar-refractivity contribution in [3.63, 3.8) is 0 Å². The van der Waals surface area contributed by atoms with Crippen molar-refractivity contribution in [3.8, 4) is 0 Å². The molecule has 1 unspecified atom stereocenters. The molecular formula is C14H19N3O2. The fourth-order valence-electron chi connectivity index (χ4n) is 2.06. The lowest BCUT2D eigenvalue weighted by atomic mass is 10.2. The number of furan rings is 1. The van der Waals surface area contributed by atoms with Crippen LogP contribution < -0.4 is 11.1 Å². The Morgan fingerprint density at radius 1 is 1.42 bits per heavy atom. The van der Waals surface area contributed by atoms with E-state index in [2.05, 4.69) is 5.32 Å². The number of anilines is 1. The molecule has 102 valence electrons. The molecule has 2 aromatic rings. The molecule has 0 radical (unpaired) electrons. The molecule has 1 heterocycles. The van der Waals surface area contributed by atoms with E-state index >= 15 is 0 Å². The molecule has 1 atom stereocenters. The van der Waals surface area contributed by atoms with Crippen LogP contribution in [0.4, 0.5) is 5.69 Å². The largest absolute Gasteiger partial charge is 0.451 e. The number of likely N-dealkylation sites (N-methyl/N-ethyl adjacent to an activating group) is 1. The standard InChI is InChI=1S/C14H19N3O2/c1-9(8-17(2)3)16-14(18)13-7-10-6-11(15)4-5-12(10)19-13/h4-7,9H,8,15H2,1-3H3,(H,16,18). The van der Waals surface area contributed by atoms with Crippen LogP contribution in [-0.2, 0) is 0 Å². The van der Waals surface area contributed by atoms with Crippen LogP contribution >= 0.6 is 0 Å². The van der Waals surface area contributed by atoms with E-state index in [4.69, 9.17) is 10.2 Å². The maximum Gasteiger partial charge on any atom is 0.287 e. The van der Waals surface area contributed by atoms with E-state index in [1.54, 1.807) is 24.3 Å². The summed E-state index contributed by atoms with van der Waals surface area (Å²) in [4.78, 5) is 14.1. The topological polar surface area (TPSA) is 71.5 Å². The lowest BCUT2D eigenvalue weighted by Gasteiger charge is -2.17. The van der Waals surface area contributed by atoms with Gasteiger partial charge in [-0.25, -0.2) is 0 Å². The van der Waals surface area contributed by atoms with Crippen LogP contribution in [0.15, 0.2) is 28.7 Å². The van der Waals surface area contributed by atoms with Crippen molar-refractivity contribution in [2.45, 2.75) is 13.0 Å². The van der Waals surface area contributed by atoms with Gasteiger partial charge in [-0.2, -0.15) is 0 Å². The highest BCUT2D eigenvalue weighted by Gasteiger charge is 2.15. The summed E-state index contributed by atoms with van der Waals surface area (Å²) >= 11 is 0. The van der Waals surface area contributed by atoms with E-state index in [0.717, 1.165) is 11.9 Å². The third-order valence-corrected chi connectivity index (χ3v) is 2.78. The van der Waals surface area contributed by atoms with Gasteiger partial charge in [-0.15, -0.1) is 0 Å². The van der Waals surface area contributed by atoms with Gasteiger partial charge < -0.3 is 20.4 Å². The average molecular weight is 261 g/mol. The van der Waals surface area contributed by atoms with E-state index in [0.29, 0.717) is 17.0 Å². The number of nitrogen functional groups attached to an aromatic ring is 1. The van der Waals surface area contributed by atoms with Crippen molar-refractivity contribution in [1.82, 2.24) is 10.2 Å². The molecule has 0 bridgehead atoms. The number of hydrogen-bond donors (Lipinski definition) is 2. The first-order valence-electron chi connectivity index (χ1n) is 6.20. The zero-order chi connectivity index (χ0) is 14.0. The zero-order valence-electron chi connectivity index (χ0n) is 11.4. The highest BCUT2D eigenvalue weighted by atomic mass is 16.3. The first kappa shape index (κ1) is 13.4. The lowest BCUT2D eigenvalue weighted by molar-refractivity contribution is 0.0908. The van der Waals surface area contributed by atoms with Crippen LogP contribution in [0.3, 0.4) is 0 Å². The predicted octanol–water partition coefficient (Wildman–Crippen LogP) is 1.69. The van der Waals surface area contributed by atoms with Crippen LogP contribution in [0.5, 0.6) is 0 Å². The van der Waals surface area contributed by atoms with Gasteiger partial charge in [-0.1, -0.05) is 0 Å². The Labute approximate surface area is 112 Å². The van der Waals surface area contributed by atoms with E-state index in [1.165, 1.54) is 0 Å². The summed E-state index contributed by atoms with van der Waals surface area (Å²) in [5.74, 6) is 0.107. The average Bonchev–Trinajstić information content (AvgIpc) is 2.70. The van der Waals surface area contributed by atoms with Gasteiger partial charge in [-0.05, 0) is 45.3 Å². The molecule has 5 heteroatoms. The number of carbonyl (C=O) groups excluding carboxylic acids is 1. The molecule has 5 nitrogen and oxygen atoms in total. The van der Waals surface area contributed by atoms with Crippen LogP contribution in [0.1, 0.15) is 17.5 Å². The van der Waals surface area contributed by atoms with E-state index < -0.39 is 0 Å². The van der Waals surface area contributed by atoms with Gasteiger partial charge in [0.25, 0.3) is 5.91 Å². The SMILES string of the molecule is CC(CN(C)C)NC(=O)c1cc2cc(N)ccc2o1.